The van der Waals surface area contributed by atoms with Crippen molar-refractivity contribution in [3.63, 3.8) is 0 Å². The van der Waals surface area contributed by atoms with Gasteiger partial charge in [-0.05, 0) is 37.2 Å². The van der Waals surface area contributed by atoms with Gasteiger partial charge in [0.15, 0.2) is 0 Å². The number of hydrogen-bond acceptors (Lipinski definition) is 6. The van der Waals surface area contributed by atoms with Crippen molar-refractivity contribution in [2.24, 2.45) is 17.3 Å². The van der Waals surface area contributed by atoms with Gasteiger partial charge >= 0.3 is 12.1 Å². The summed E-state index contributed by atoms with van der Waals surface area (Å²) in [5.74, 6) is -11.3. The molecule has 1 saturated carbocycles. The molecule has 3 N–H and O–H groups in total. The third-order valence-corrected chi connectivity index (χ3v) is 8.66. The van der Waals surface area contributed by atoms with E-state index in [-0.39, 0.29) is 32.2 Å². The second-order valence-electron chi connectivity index (χ2n) is 12.1. The zero-order valence-electron chi connectivity index (χ0n) is 23.4. The van der Waals surface area contributed by atoms with Gasteiger partial charge in [-0.25, -0.2) is 17.2 Å². The molecule has 0 radical (unpaired) electrons. The first-order chi connectivity index (χ1) is 19.0. The average molecular weight is 633 g/mol. The van der Waals surface area contributed by atoms with Crippen LogP contribution in [0.2, 0.25) is 0 Å². The topological polar surface area (TPSA) is 142 Å². The lowest BCUT2D eigenvalue weighted by Gasteiger charge is -2.55. The highest BCUT2D eigenvalue weighted by molar-refractivity contribution is 7.94. The molecule has 4 rings (SSSR count). The Morgan fingerprint density at radius 2 is 1.74 bits per heavy atom. The van der Waals surface area contributed by atoms with E-state index in [1.807, 2.05) is 0 Å². The van der Waals surface area contributed by atoms with Gasteiger partial charge in [0, 0.05) is 31.2 Å². The summed E-state index contributed by atoms with van der Waals surface area (Å²) in [6, 6.07) is -6.56. The molecule has 4 amide bonds. The summed E-state index contributed by atoms with van der Waals surface area (Å²) in [5.41, 5.74) is -1.35. The molecule has 0 aromatic heterocycles. The highest BCUT2D eigenvalue weighted by atomic mass is 32.2. The van der Waals surface area contributed by atoms with Crippen LogP contribution in [0.5, 0.6) is 0 Å². The van der Waals surface area contributed by atoms with Crippen molar-refractivity contribution in [1.82, 2.24) is 20.9 Å². The molecule has 17 heteroatoms. The molecule has 0 spiro atoms. The lowest BCUT2D eigenvalue weighted by atomic mass is 9.70. The maximum absolute atomic E-state index is 15.1. The van der Waals surface area contributed by atoms with E-state index >= 15 is 8.78 Å². The number of nitrogens with zero attached hydrogens (tertiary/aromatic N) is 1. The van der Waals surface area contributed by atoms with Crippen molar-refractivity contribution in [3.05, 3.63) is 11.2 Å². The van der Waals surface area contributed by atoms with Gasteiger partial charge in [0.1, 0.15) is 12.1 Å². The predicted octanol–water partition coefficient (Wildman–Crippen LogP) is 1.96. The number of carbonyl (C=O) groups excluding carboxylic acids is 4. The lowest BCUT2D eigenvalue weighted by molar-refractivity contribution is -0.197. The fourth-order valence-electron chi connectivity index (χ4n) is 5.73. The van der Waals surface area contributed by atoms with Crippen molar-refractivity contribution in [1.29, 1.82) is 0 Å². The number of nitrogens with one attached hydrogen (secondary N) is 3. The van der Waals surface area contributed by atoms with Crippen LogP contribution in [0.4, 0.5) is 26.3 Å². The molecule has 4 aliphatic rings. The van der Waals surface area contributed by atoms with Gasteiger partial charge in [0.25, 0.3) is 5.92 Å². The second kappa shape index (κ2) is 11.7. The number of hydrogen-bond donors (Lipinski definition) is 3. The van der Waals surface area contributed by atoms with Crippen molar-refractivity contribution < 1.29 is 53.9 Å². The summed E-state index contributed by atoms with van der Waals surface area (Å²) in [7, 11) is -4.38. The molecule has 6 atom stereocenters. The third-order valence-electron chi connectivity index (χ3n) is 7.82. The van der Waals surface area contributed by atoms with Gasteiger partial charge in [-0.15, -0.1) is 0 Å². The number of amides is 4. The zero-order chi connectivity index (χ0) is 32.0. The molecule has 1 unspecified atom stereocenters. The highest BCUT2D eigenvalue weighted by Gasteiger charge is 2.61. The minimum absolute atomic E-state index is 0.00808. The molecular formula is C25H34F6N4O6S. The Kier molecular flexibility index (Phi) is 9.36. The van der Waals surface area contributed by atoms with Crippen LogP contribution < -0.4 is 16.0 Å². The number of rotatable bonds is 8. The molecule has 10 nitrogen and oxygen atoms in total. The Labute approximate surface area is 238 Å². The summed E-state index contributed by atoms with van der Waals surface area (Å²) in [6.45, 7) is 4.31. The van der Waals surface area contributed by atoms with E-state index in [9.17, 15) is 45.2 Å². The average Bonchev–Trinajstić information content (AvgIpc) is 3.22. The van der Waals surface area contributed by atoms with Crippen LogP contribution in [0.1, 0.15) is 52.9 Å². The summed E-state index contributed by atoms with van der Waals surface area (Å²) >= 11 is 0. The van der Waals surface area contributed by atoms with E-state index in [1.165, 1.54) is 20.8 Å². The molecule has 3 aliphatic heterocycles. The van der Waals surface area contributed by atoms with E-state index in [0.717, 1.165) is 4.90 Å². The van der Waals surface area contributed by atoms with E-state index in [2.05, 4.69) is 10.6 Å². The largest absolute Gasteiger partial charge is 0.471 e. The lowest BCUT2D eigenvalue weighted by Crippen LogP contribution is -2.71. The number of fused-ring (bicyclic) bond motifs is 3. The number of halogens is 6. The maximum atomic E-state index is 15.1. The van der Waals surface area contributed by atoms with Crippen molar-refractivity contribution in [3.8, 4) is 0 Å². The van der Waals surface area contributed by atoms with Gasteiger partial charge in [0.05, 0.1) is 12.0 Å². The first-order valence-electron chi connectivity index (χ1n) is 13.3. The molecular weight excluding hydrogens is 598 g/mol. The summed E-state index contributed by atoms with van der Waals surface area (Å²) in [4.78, 5) is 52.0. The second-order valence-corrected chi connectivity index (χ2v) is 14.1. The molecule has 2 bridgehead atoms. The minimum atomic E-state index is -5.36. The van der Waals surface area contributed by atoms with E-state index in [4.69, 9.17) is 0 Å². The fourth-order valence-corrected chi connectivity index (χ4v) is 6.14. The van der Waals surface area contributed by atoms with Crippen LogP contribution in [-0.2, 0) is 29.0 Å². The summed E-state index contributed by atoms with van der Waals surface area (Å²) in [6.07, 6.45) is -5.38. The van der Waals surface area contributed by atoms with Gasteiger partial charge < -0.3 is 20.9 Å². The Bertz CT molecular complexity index is 1250. The molecule has 42 heavy (non-hydrogen) atoms. The smallest absolute Gasteiger partial charge is 0.356 e. The minimum Gasteiger partial charge on any atom is -0.356 e. The molecule has 4 fully saturated rings. The van der Waals surface area contributed by atoms with Crippen molar-refractivity contribution in [2.45, 2.75) is 89.1 Å². The van der Waals surface area contributed by atoms with Gasteiger partial charge in [-0.3, -0.25) is 19.2 Å². The summed E-state index contributed by atoms with van der Waals surface area (Å²) in [5, 5.41) is 4.81. The first-order valence-corrected chi connectivity index (χ1v) is 15.2. The van der Waals surface area contributed by atoms with Crippen molar-refractivity contribution in [2.75, 3.05) is 12.8 Å². The summed E-state index contributed by atoms with van der Waals surface area (Å²) < 4.78 is 107. The molecule has 3 saturated heterocycles. The molecule has 3 heterocycles. The standard InChI is InChI=1S/C25H34F6N4O6S/c1-23(2,3)18(34-22(39)25(29,30)31)21(38)35-14-5-6-15(24(27,28)11-14)17(35)20(37)33-13(10-16(26)42(4,40)41)9-12-7-8-32-19(12)36/h10,12-15,17-18H,5-9,11H2,1-4H3,(H,32,36)(H,33,37)(H,34,39)/b16-10+/t12-,13-,14-,15-,17+,18?/m0/s1. The fraction of sp³-hybridized carbons (Fsp3) is 0.760. The third kappa shape index (κ3) is 7.37. The number of piperidine rings is 2. The Hall–Kier alpha value is -2.85. The van der Waals surface area contributed by atoms with E-state index in [1.54, 1.807) is 5.32 Å². The van der Waals surface area contributed by atoms with Crippen LogP contribution in [0.25, 0.3) is 0 Å². The highest BCUT2D eigenvalue weighted by Crippen LogP contribution is 2.49. The molecule has 238 valence electrons. The van der Waals surface area contributed by atoms with Gasteiger partial charge in [-0.2, -0.15) is 17.6 Å². The zero-order valence-corrected chi connectivity index (χ0v) is 24.2. The quantitative estimate of drug-likeness (QED) is 0.350. The van der Waals surface area contributed by atoms with Crippen LogP contribution in [-0.4, -0.2) is 86.0 Å². The predicted molar refractivity (Wildman–Crippen MR) is 136 cm³/mol. The van der Waals surface area contributed by atoms with Crippen LogP contribution in [0.15, 0.2) is 11.2 Å². The SMILES string of the molecule is CC(C)(C)C(NC(=O)C(F)(F)F)C(=O)N1[C@H]2CC[C@@H]([C@@H]1C(=O)N[C@H](/C=C(\F)S(C)(=O)=O)C[C@@H]1CCNC1=O)C(F)(F)C2. The van der Waals surface area contributed by atoms with Crippen molar-refractivity contribution >= 4 is 33.5 Å². The Balaban J connectivity index is 2.00. The van der Waals surface area contributed by atoms with Gasteiger partial charge in [0.2, 0.25) is 32.7 Å². The van der Waals surface area contributed by atoms with Crippen LogP contribution in [0, 0.1) is 17.3 Å². The Morgan fingerprint density at radius 1 is 1.12 bits per heavy atom. The van der Waals surface area contributed by atoms with Crippen LogP contribution in [0.3, 0.4) is 0 Å². The monoisotopic (exact) mass is 632 g/mol. The van der Waals surface area contributed by atoms with Gasteiger partial charge in [-0.1, -0.05) is 20.8 Å². The molecule has 0 aromatic carbocycles. The first kappa shape index (κ1) is 33.6. The normalized spacial score (nSPS) is 27.7. The number of alkyl halides is 5. The van der Waals surface area contributed by atoms with Crippen LogP contribution >= 0.6 is 0 Å². The molecule has 1 aliphatic carbocycles. The maximum Gasteiger partial charge on any atom is 0.471 e. The molecule has 0 aromatic rings. The number of sulfone groups is 1. The number of carbonyl (C=O) groups is 4. The van der Waals surface area contributed by atoms with E-state index < -0.39 is 98.6 Å². The van der Waals surface area contributed by atoms with E-state index in [0.29, 0.717) is 12.3 Å². The Morgan fingerprint density at radius 3 is 2.21 bits per heavy atom.